The van der Waals surface area contributed by atoms with Gasteiger partial charge in [-0.1, -0.05) is 38.1 Å². The van der Waals surface area contributed by atoms with Crippen molar-refractivity contribution in [3.63, 3.8) is 0 Å². The van der Waals surface area contributed by atoms with Crippen LogP contribution in [0.4, 0.5) is 0 Å². The van der Waals surface area contributed by atoms with Gasteiger partial charge in [0.15, 0.2) is 0 Å². The molecule has 3 heteroatoms. The predicted molar refractivity (Wildman–Crippen MR) is 74.2 cm³/mol. The largest absolute Gasteiger partial charge is 0.393 e. The Morgan fingerprint density at radius 2 is 2.00 bits per heavy atom. The molecule has 102 valence electrons. The molecule has 1 aromatic carbocycles. The molecule has 0 amide bonds. The van der Waals surface area contributed by atoms with E-state index in [1.54, 1.807) is 0 Å². The fourth-order valence-electron chi connectivity index (χ4n) is 2.16. The van der Waals surface area contributed by atoms with Gasteiger partial charge in [-0.3, -0.25) is 0 Å². The molecule has 0 saturated heterocycles. The van der Waals surface area contributed by atoms with Crippen molar-refractivity contribution in [3.8, 4) is 0 Å². The van der Waals surface area contributed by atoms with E-state index in [1.165, 1.54) is 0 Å². The summed E-state index contributed by atoms with van der Waals surface area (Å²) in [5.41, 5.74) is 7.52. The Kier molecular flexibility index (Phi) is 6.33. The van der Waals surface area contributed by atoms with Crippen LogP contribution in [0.5, 0.6) is 0 Å². The molecule has 3 atom stereocenters. The maximum atomic E-state index is 9.91. The molecule has 0 aromatic heterocycles. The van der Waals surface area contributed by atoms with Crippen molar-refractivity contribution in [1.29, 1.82) is 0 Å². The monoisotopic (exact) mass is 251 g/mol. The molecule has 1 aromatic rings. The topological polar surface area (TPSA) is 66.5 Å². The van der Waals surface area contributed by atoms with E-state index in [-0.39, 0.29) is 12.0 Å². The Morgan fingerprint density at radius 3 is 2.61 bits per heavy atom. The Labute approximate surface area is 110 Å². The van der Waals surface area contributed by atoms with Crippen LogP contribution < -0.4 is 5.73 Å². The van der Waals surface area contributed by atoms with E-state index in [0.29, 0.717) is 13.0 Å². The summed E-state index contributed by atoms with van der Waals surface area (Å²) in [5.74, 6) is 0.233. The molecule has 0 radical (unpaired) electrons. The van der Waals surface area contributed by atoms with Crippen molar-refractivity contribution in [2.45, 2.75) is 45.3 Å². The lowest BCUT2D eigenvalue weighted by molar-refractivity contribution is 0.112. The van der Waals surface area contributed by atoms with E-state index in [1.807, 2.05) is 31.2 Å². The van der Waals surface area contributed by atoms with Crippen molar-refractivity contribution in [2.75, 3.05) is 6.54 Å². The van der Waals surface area contributed by atoms with Gasteiger partial charge in [0, 0.05) is 0 Å². The molecule has 18 heavy (non-hydrogen) atoms. The van der Waals surface area contributed by atoms with Crippen molar-refractivity contribution in [1.82, 2.24) is 0 Å². The zero-order valence-electron chi connectivity index (χ0n) is 11.3. The highest BCUT2D eigenvalue weighted by molar-refractivity contribution is 5.25. The summed E-state index contributed by atoms with van der Waals surface area (Å²) < 4.78 is 0. The molecule has 0 aliphatic heterocycles. The summed E-state index contributed by atoms with van der Waals surface area (Å²) in [5, 5.41) is 19.7. The Balaban J connectivity index is 2.70. The minimum Gasteiger partial charge on any atom is -0.393 e. The number of hydrogen-bond acceptors (Lipinski definition) is 3. The van der Waals surface area contributed by atoms with Gasteiger partial charge in [0.1, 0.15) is 0 Å². The molecular weight excluding hydrogens is 226 g/mol. The average Bonchev–Trinajstić information content (AvgIpc) is 2.38. The number of hydrogen-bond donors (Lipinski definition) is 3. The van der Waals surface area contributed by atoms with E-state index in [2.05, 4.69) is 6.92 Å². The second-order valence-electron chi connectivity index (χ2n) is 5.00. The quantitative estimate of drug-likeness (QED) is 0.694. The summed E-state index contributed by atoms with van der Waals surface area (Å²) in [4.78, 5) is 0. The average molecular weight is 251 g/mol. The molecule has 0 bridgehead atoms. The van der Waals surface area contributed by atoms with E-state index >= 15 is 0 Å². The predicted octanol–water partition coefficient (Wildman–Crippen LogP) is 2.02. The summed E-state index contributed by atoms with van der Waals surface area (Å²) in [6, 6.07) is 7.93. The molecule has 0 aliphatic carbocycles. The minimum atomic E-state index is -0.485. The third-order valence-corrected chi connectivity index (χ3v) is 3.41. The van der Waals surface area contributed by atoms with E-state index < -0.39 is 6.10 Å². The molecule has 0 aliphatic rings. The molecule has 3 unspecified atom stereocenters. The van der Waals surface area contributed by atoms with Crippen LogP contribution in [0.25, 0.3) is 0 Å². The lowest BCUT2D eigenvalue weighted by Gasteiger charge is -2.18. The lowest BCUT2D eigenvalue weighted by Crippen LogP contribution is -2.18. The molecule has 4 N–H and O–H groups in total. The molecule has 3 nitrogen and oxygen atoms in total. The van der Waals surface area contributed by atoms with Gasteiger partial charge in [-0.15, -0.1) is 0 Å². The normalized spacial score (nSPS) is 16.3. The summed E-state index contributed by atoms with van der Waals surface area (Å²) in [6.45, 7) is 4.52. The van der Waals surface area contributed by atoms with Gasteiger partial charge in [-0.2, -0.15) is 0 Å². The maximum absolute atomic E-state index is 9.91. The van der Waals surface area contributed by atoms with E-state index in [4.69, 9.17) is 5.73 Å². The molecular formula is C15H25NO2. The third kappa shape index (κ3) is 4.41. The van der Waals surface area contributed by atoms with Crippen molar-refractivity contribution in [2.24, 2.45) is 11.7 Å². The first-order valence-electron chi connectivity index (χ1n) is 6.73. The number of aliphatic hydroxyl groups excluding tert-OH is 2. The second-order valence-corrected chi connectivity index (χ2v) is 5.00. The van der Waals surface area contributed by atoms with Crippen LogP contribution in [0.3, 0.4) is 0 Å². The Bertz CT molecular complexity index is 354. The number of rotatable bonds is 7. The first-order valence-corrected chi connectivity index (χ1v) is 6.73. The lowest BCUT2D eigenvalue weighted by atomic mass is 9.93. The van der Waals surface area contributed by atoms with Gasteiger partial charge >= 0.3 is 0 Å². The van der Waals surface area contributed by atoms with Crippen LogP contribution in [-0.4, -0.2) is 22.9 Å². The maximum Gasteiger partial charge on any atom is 0.0802 e. The summed E-state index contributed by atoms with van der Waals surface area (Å²) in [7, 11) is 0. The second kappa shape index (κ2) is 7.52. The van der Waals surface area contributed by atoms with Gasteiger partial charge < -0.3 is 15.9 Å². The standard InChI is InChI=1S/C15H25NO2/c1-3-14(17)11(2)9-12-5-4-6-13(10-12)15(18)7-8-16/h4-6,10-11,14-15,17-18H,3,7-9,16H2,1-2H3. The molecule has 0 fully saturated rings. The van der Waals surface area contributed by atoms with Crippen LogP contribution >= 0.6 is 0 Å². The van der Waals surface area contributed by atoms with Gasteiger partial charge in [0.2, 0.25) is 0 Å². The van der Waals surface area contributed by atoms with Crippen molar-refractivity contribution >= 4 is 0 Å². The first-order chi connectivity index (χ1) is 8.58. The van der Waals surface area contributed by atoms with E-state index in [0.717, 1.165) is 24.0 Å². The first kappa shape index (κ1) is 15.2. The van der Waals surface area contributed by atoms with Gasteiger partial charge in [0.25, 0.3) is 0 Å². The van der Waals surface area contributed by atoms with Gasteiger partial charge in [0.05, 0.1) is 12.2 Å². The van der Waals surface area contributed by atoms with Crippen molar-refractivity contribution < 1.29 is 10.2 Å². The fraction of sp³-hybridized carbons (Fsp3) is 0.600. The molecule has 0 spiro atoms. The third-order valence-electron chi connectivity index (χ3n) is 3.41. The Hall–Kier alpha value is -0.900. The molecule has 0 saturated carbocycles. The van der Waals surface area contributed by atoms with Crippen molar-refractivity contribution in [3.05, 3.63) is 35.4 Å². The smallest absolute Gasteiger partial charge is 0.0802 e. The van der Waals surface area contributed by atoms with Crippen LogP contribution in [0.1, 0.15) is 43.9 Å². The van der Waals surface area contributed by atoms with Crippen LogP contribution in [-0.2, 0) is 6.42 Å². The number of nitrogens with two attached hydrogens (primary N) is 1. The van der Waals surface area contributed by atoms with Crippen LogP contribution in [0.2, 0.25) is 0 Å². The fourth-order valence-corrected chi connectivity index (χ4v) is 2.16. The highest BCUT2D eigenvalue weighted by Gasteiger charge is 2.13. The highest BCUT2D eigenvalue weighted by Crippen LogP contribution is 2.20. The zero-order valence-corrected chi connectivity index (χ0v) is 11.3. The number of benzene rings is 1. The summed E-state index contributed by atoms with van der Waals surface area (Å²) in [6.07, 6.45) is 1.44. The zero-order chi connectivity index (χ0) is 13.5. The molecule has 0 heterocycles. The minimum absolute atomic E-state index is 0.233. The van der Waals surface area contributed by atoms with E-state index in [9.17, 15) is 10.2 Å². The van der Waals surface area contributed by atoms with Crippen LogP contribution in [0.15, 0.2) is 24.3 Å². The van der Waals surface area contributed by atoms with Crippen LogP contribution in [0, 0.1) is 5.92 Å². The highest BCUT2D eigenvalue weighted by atomic mass is 16.3. The molecule has 1 rings (SSSR count). The SMILES string of the molecule is CCC(O)C(C)Cc1cccc(C(O)CCN)c1. The Morgan fingerprint density at radius 1 is 1.28 bits per heavy atom. The van der Waals surface area contributed by atoms with Gasteiger partial charge in [-0.25, -0.2) is 0 Å². The number of aliphatic hydroxyl groups is 2. The summed E-state index contributed by atoms with van der Waals surface area (Å²) >= 11 is 0. The van der Waals surface area contributed by atoms with Gasteiger partial charge in [-0.05, 0) is 42.9 Å².